The number of hydrogen-bond acceptors (Lipinski definition) is 3. The van der Waals surface area contributed by atoms with E-state index in [2.05, 4.69) is 10.6 Å². The van der Waals surface area contributed by atoms with Gasteiger partial charge in [0, 0.05) is 24.6 Å². The van der Waals surface area contributed by atoms with Crippen LogP contribution < -0.4 is 10.6 Å². The maximum atomic E-state index is 11.3. The minimum absolute atomic E-state index is 0.117. The molecule has 17 heavy (non-hydrogen) atoms. The Kier molecular flexibility index (Phi) is 5.69. The summed E-state index contributed by atoms with van der Waals surface area (Å²) in [5.74, 6) is -0.776. The average molecular weight is 240 g/mol. The number of rotatable bonds is 8. The zero-order chi connectivity index (χ0) is 12.7. The van der Waals surface area contributed by atoms with E-state index in [1.165, 1.54) is 0 Å². The van der Waals surface area contributed by atoms with Gasteiger partial charge in [0.25, 0.3) is 0 Å². The van der Waals surface area contributed by atoms with Crippen LogP contribution in [0.1, 0.15) is 32.6 Å². The van der Waals surface area contributed by atoms with Gasteiger partial charge in [-0.1, -0.05) is 6.08 Å². The van der Waals surface area contributed by atoms with Crippen LogP contribution in [0.3, 0.4) is 0 Å². The van der Waals surface area contributed by atoms with Crippen molar-refractivity contribution in [3.05, 3.63) is 11.6 Å². The normalized spacial score (nSPS) is 15.7. The van der Waals surface area contributed by atoms with Gasteiger partial charge in [0.1, 0.15) is 0 Å². The highest BCUT2D eigenvalue weighted by Gasteiger charge is 2.22. The van der Waals surface area contributed by atoms with Crippen LogP contribution in [0.25, 0.3) is 0 Å². The molecule has 0 aliphatic heterocycles. The fraction of sp³-hybridized carbons (Fsp3) is 0.667. The highest BCUT2D eigenvalue weighted by atomic mass is 16.4. The van der Waals surface area contributed by atoms with Crippen molar-refractivity contribution in [1.29, 1.82) is 0 Å². The summed E-state index contributed by atoms with van der Waals surface area (Å²) < 4.78 is 0. The number of carboxylic acids is 1. The molecule has 1 aliphatic rings. The third-order valence-corrected chi connectivity index (χ3v) is 2.59. The first-order valence-electron chi connectivity index (χ1n) is 5.99. The molecule has 1 fully saturated rings. The zero-order valence-electron chi connectivity index (χ0n) is 10.2. The number of carboxylic acid groups (broad SMARTS) is 1. The predicted octanol–water partition coefficient (Wildman–Crippen LogP) is 0.666. The summed E-state index contributed by atoms with van der Waals surface area (Å²) in [4.78, 5) is 21.8. The number of nitrogens with one attached hydrogen (secondary N) is 2. The molecule has 0 aromatic rings. The first-order valence-corrected chi connectivity index (χ1v) is 5.99. The van der Waals surface area contributed by atoms with Crippen LogP contribution >= 0.6 is 0 Å². The highest BCUT2D eigenvalue weighted by Crippen LogP contribution is 2.18. The van der Waals surface area contributed by atoms with E-state index in [-0.39, 0.29) is 5.91 Å². The van der Waals surface area contributed by atoms with Crippen LogP contribution in [0.5, 0.6) is 0 Å². The van der Waals surface area contributed by atoms with E-state index in [1.54, 1.807) is 13.0 Å². The van der Waals surface area contributed by atoms with Gasteiger partial charge in [0.2, 0.25) is 5.91 Å². The monoisotopic (exact) mass is 240 g/mol. The van der Waals surface area contributed by atoms with Crippen LogP contribution in [-0.2, 0) is 9.59 Å². The third kappa shape index (κ3) is 6.73. The molecule has 1 aliphatic carbocycles. The SMILES string of the molecule is CC(=CCNCCCC(=O)NC1CC1)C(=O)O. The second kappa shape index (κ2) is 7.06. The number of carbonyl (C=O) groups excluding carboxylic acids is 1. The molecule has 0 unspecified atom stereocenters. The minimum atomic E-state index is -0.893. The molecule has 0 radical (unpaired) electrons. The Labute approximate surface area is 101 Å². The minimum Gasteiger partial charge on any atom is -0.478 e. The van der Waals surface area contributed by atoms with Gasteiger partial charge in [-0.2, -0.15) is 0 Å². The highest BCUT2D eigenvalue weighted by molar-refractivity contribution is 5.85. The maximum Gasteiger partial charge on any atom is 0.330 e. The van der Waals surface area contributed by atoms with E-state index in [1.807, 2.05) is 0 Å². The van der Waals surface area contributed by atoms with Gasteiger partial charge in [-0.15, -0.1) is 0 Å². The lowest BCUT2D eigenvalue weighted by Gasteiger charge is -2.03. The summed E-state index contributed by atoms with van der Waals surface area (Å²) in [6.45, 7) is 2.82. The standard InChI is InChI=1S/C12H20N2O3/c1-9(12(16)17)6-8-13-7-2-3-11(15)14-10-4-5-10/h6,10,13H,2-5,7-8H2,1H3,(H,14,15)(H,16,17). The van der Waals surface area contributed by atoms with E-state index in [9.17, 15) is 9.59 Å². The molecule has 1 amide bonds. The molecule has 0 aromatic heterocycles. The van der Waals surface area contributed by atoms with Gasteiger partial charge >= 0.3 is 5.97 Å². The van der Waals surface area contributed by atoms with Crippen molar-refractivity contribution in [1.82, 2.24) is 10.6 Å². The third-order valence-electron chi connectivity index (χ3n) is 2.59. The Morgan fingerprint density at radius 3 is 2.71 bits per heavy atom. The Bertz CT molecular complexity index is 309. The van der Waals surface area contributed by atoms with Gasteiger partial charge in [-0.05, 0) is 32.7 Å². The van der Waals surface area contributed by atoms with Crippen molar-refractivity contribution in [2.45, 2.75) is 38.6 Å². The molecule has 0 atom stereocenters. The molecule has 0 bridgehead atoms. The van der Waals surface area contributed by atoms with Gasteiger partial charge in [0.15, 0.2) is 0 Å². The predicted molar refractivity (Wildman–Crippen MR) is 64.7 cm³/mol. The van der Waals surface area contributed by atoms with E-state index >= 15 is 0 Å². The molecule has 0 spiro atoms. The summed E-state index contributed by atoms with van der Waals surface area (Å²) in [6.07, 6.45) is 5.17. The average Bonchev–Trinajstić information content (AvgIpc) is 3.06. The summed E-state index contributed by atoms with van der Waals surface area (Å²) >= 11 is 0. The fourth-order valence-electron chi connectivity index (χ4n) is 1.32. The van der Waals surface area contributed by atoms with Crippen LogP contribution in [0.4, 0.5) is 0 Å². The van der Waals surface area contributed by atoms with Crippen molar-refractivity contribution >= 4 is 11.9 Å². The Balaban J connectivity index is 1.94. The summed E-state index contributed by atoms with van der Waals surface area (Å²) in [5.41, 5.74) is 0.337. The van der Waals surface area contributed by atoms with Crippen molar-refractivity contribution in [2.24, 2.45) is 0 Å². The number of carbonyl (C=O) groups is 2. The number of amides is 1. The van der Waals surface area contributed by atoms with Gasteiger partial charge in [0.05, 0.1) is 0 Å². The first kappa shape index (κ1) is 13.7. The molecule has 0 heterocycles. The van der Waals surface area contributed by atoms with Crippen LogP contribution in [0.15, 0.2) is 11.6 Å². The molecule has 1 rings (SSSR count). The summed E-state index contributed by atoms with van der Waals surface area (Å²) in [5, 5.41) is 14.6. The van der Waals surface area contributed by atoms with E-state index < -0.39 is 5.97 Å². The lowest BCUT2D eigenvalue weighted by atomic mass is 10.2. The van der Waals surface area contributed by atoms with E-state index in [4.69, 9.17) is 5.11 Å². The summed E-state index contributed by atoms with van der Waals surface area (Å²) in [6, 6.07) is 0.427. The van der Waals surface area contributed by atoms with Gasteiger partial charge in [-0.3, -0.25) is 4.79 Å². The molecule has 5 heteroatoms. The second-order valence-electron chi connectivity index (χ2n) is 4.34. The first-order chi connectivity index (χ1) is 8.09. The maximum absolute atomic E-state index is 11.3. The summed E-state index contributed by atoms with van der Waals surface area (Å²) in [7, 11) is 0. The molecular weight excluding hydrogens is 220 g/mol. The quantitative estimate of drug-likeness (QED) is 0.430. The lowest BCUT2D eigenvalue weighted by molar-refractivity contribution is -0.132. The largest absolute Gasteiger partial charge is 0.478 e. The Hall–Kier alpha value is -1.36. The molecular formula is C12H20N2O3. The Morgan fingerprint density at radius 2 is 2.12 bits per heavy atom. The second-order valence-corrected chi connectivity index (χ2v) is 4.34. The van der Waals surface area contributed by atoms with E-state index in [0.29, 0.717) is 24.6 Å². The molecule has 1 saturated carbocycles. The van der Waals surface area contributed by atoms with Crippen molar-refractivity contribution in [3.63, 3.8) is 0 Å². The fourth-order valence-corrected chi connectivity index (χ4v) is 1.32. The number of hydrogen-bond donors (Lipinski definition) is 3. The Morgan fingerprint density at radius 1 is 1.41 bits per heavy atom. The van der Waals surface area contributed by atoms with Crippen LogP contribution in [0, 0.1) is 0 Å². The molecule has 96 valence electrons. The van der Waals surface area contributed by atoms with Crippen molar-refractivity contribution < 1.29 is 14.7 Å². The van der Waals surface area contributed by atoms with Crippen LogP contribution in [-0.4, -0.2) is 36.1 Å². The molecule has 0 aromatic carbocycles. The molecule has 3 N–H and O–H groups in total. The smallest absolute Gasteiger partial charge is 0.330 e. The van der Waals surface area contributed by atoms with Crippen LogP contribution in [0.2, 0.25) is 0 Å². The van der Waals surface area contributed by atoms with Crippen molar-refractivity contribution in [2.75, 3.05) is 13.1 Å². The number of aliphatic carboxylic acids is 1. The topological polar surface area (TPSA) is 78.4 Å². The van der Waals surface area contributed by atoms with E-state index in [0.717, 1.165) is 25.8 Å². The van der Waals surface area contributed by atoms with Crippen molar-refractivity contribution in [3.8, 4) is 0 Å². The van der Waals surface area contributed by atoms with Gasteiger partial charge in [-0.25, -0.2) is 4.79 Å². The lowest BCUT2D eigenvalue weighted by Crippen LogP contribution is -2.26. The van der Waals surface area contributed by atoms with Gasteiger partial charge < -0.3 is 15.7 Å². The molecule has 0 saturated heterocycles. The zero-order valence-corrected chi connectivity index (χ0v) is 10.2. The molecule has 5 nitrogen and oxygen atoms in total.